The van der Waals surface area contributed by atoms with Crippen molar-refractivity contribution in [3.05, 3.63) is 35.4 Å². The van der Waals surface area contributed by atoms with E-state index in [1.54, 1.807) is 7.11 Å². The predicted molar refractivity (Wildman–Crippen MR) is 123 cm³/mol. The summed E-state index contributed by atoms with van der Waals surface area (Å²) in [5, 5.41) is 17.2. The Morgan fingerprint density at radius 1 is 1.29 bits per heavy atom. The number of rotatable bonds is 9. The average Bonchev–Trinajstić information content (AvgIpc) is 2.65. The molecule has 1 unspecified atom stereocenters. The second-order valence-corrected chi connectivity index (χ2v) is 7.19. The van der Waals surface area contributed by atoms with Gasteiger partial charge in [-0.15, -0.1) is 24.0 Å². The molecule has 3 N–H and O–H groups in total. The number of hydrogen-bond donors (Lipinski definition) is 3. The molecule has 1 aromatic rings. The summed E-state index contributed by atoms with van der Waals surface area (Å²) < 4.78 is 10.6. The third kappa shape index (κ3) is 9.51. The van der Waals surface area contributed by atoms with Crippen molar-refractivity contribution in [2.75, 3.05) is 53.0 Å². The molecule has 8 heteroatoms. The van der Waals surface area contributed by atoms with Gasteiger partial charge in [-0.3, -0.25) is 4.90 Å². The molecule has 1 fully saturated rings. The van der Waals surface area contributed by atoms with Crippen LogP contribution in [0, 0.1) is 0 Å². The molecule has 0 spiro atoms. The van der Waals surface area contributed by atoms with Gasteiger partial charge in [0.25, 0.3) is 0 Å². The summed E-state index contributed by atoms with van der Waals surface area (Å²) in [6.45, 7) is 10.0. The van der Waals surface area contributed by atoms with Crippen LogP contribution in [0.1, 0.15) is 25.0 Å². The molecule has 0 bridgehead atoms. The van der Waals surface area contributed by atoms with Crippen molar-refractivity contribution in [3.8, 4) is 0 Å². The smallest absolute Gasteiger partial charge is 0.191 e. The molecule has 1 heterocycles. The van der Waals surface area contributed by atoms with Gasteiger partial charge in [0.2, 0.25) is 0 Å². The van der Waals surface area contributed by atoms with Gasteiger partial charge in [-0.05, 0) is 25.0 Å². The van der Waals surface area contributed by atoms with E-state index in [9.17, 15) is 5.11 Å². The molecular weight excluding hydrogens is 471 g/mol. The fraction of sp³-hybridized carbons (Fsp3) is 0.650. The molecule has 1 aromatic carbocycles. The minimum Gasteiger partial charge on any atom is -0.387 e. The first kappa shape index (κ1) is 25.1. The largest absolute Gasteiger partial charge is 0.387 e. The predicted octanol–water partition coefficient (Wildman–Crippen LogP) is 1.59. The van der Waals surface area contributed by atoms with Crippen LogP contribution < -0.4 is 10.6 Å². The summed E-state index contributed by atoms with van der Waals surface area (Å²) in [4.78, 5) is 6.88. The van der Waals surface area contributed by atoms with Crippen LogP contribution in [-0.4, -0.2) is 74.6 Å². The molecule has 1 saturated heterocycles. The highest BCUT2D eigenvalue weighted by Gasteiger charge is 2.25. The Balaban J connectivity index is 0.00000392. The lowest BCUT2D eigenvalue weighted by Crippen LogP contribution is -2.52. The number of morpholine rings is 1. The zero-order chi connectivity index (χ0) is 19.5. The zero-order valence-corrected chi connectivity index (χ0v) is 19.6. The average molecular weight is 506 g/mol. The molecule has 0 aliphatic carbocycles. The fourth-order valence-electron chi connectivity index (χ4n) is 3.07. The highest BCUT2D eigenvalue weighted by atomic mass is 127. The Kier molecular flexibility index (Phi) is 11.9. The molecule has 1 atom stereocenters. The minimum atomic E-state index is -0.841. The SMILES string of the molecule is CCNC(=NCc1cccc(COC)c1)NCC(C)(O)CN1CCOCC1.I. The van der Waals surface area contributed by atoms with Crippen LogP contribution in [0.3, 0.4) is 0 Å². The third-order valence-electron chi connectivity index (χ3n) is 4.37. The van der Waals surface area contributed by atoms with E-state index in [0.29, 0.717) is 32.2 Å². The van der Waals surface area contributed by atoms with Crippen LogP contribution >= 0.6 is 24.0 Å². The first-order valence-electron chi connectivity index (χ1n) is 9.64. The number of methoxy groups -OCH3 is 1. The van der Waals surface area contributed by atoms with Crippen LogP contribution in [0.4, 0.5) is 0 Å². The van der Waals surface area contributed by atoms with Gasteiger partial charge in [0.05, 0.1) is 32.0 Å². The van der Waals surface area contributed by atoms with Crippen LogP contribution in [0.5, 0.6) is 0 Å². The number of nitrogens with zero attached hydrogens (tertiary/aromatic N) is 2. The number of halogens is 1. The number of guanidine groups is 1. The van der Waals surface area contributed by atoms with Crippen LogP contribution in [-0.2, 0) is 22.6 Å². The lowest BCUT2D eigenvalue weighted by molar-refractivity contribution is -0.0201. The molecule has 0 aromatic heterocycles. The molecule has 0 radical (unpaired) electrons. The maximum Gasteiger partial charge on any atom is 0.191 e. The standard InChI is InChI=1S/C20H34N4O3.HI/c1-4-21-19(22-13-17-6-5-7-18(12-17)14-26-3)23-15-20(2,25)16-24-8-10-27-11-9-24;/h5-7,12,25H,4,8-11,13-16H2,1-3H3,(H2,21,22,23);1H. The van der Waals surface area contributed by atoms with E-state index in [1.165, 1.54) is 0 Å². The number of β-amino-alcohol motifs (C(OH)–C–C–N with tert-alkyl or cyclic N) is 1. The molecule has 160 valence electrons. The van der Waals surface area contributed by atoms with E-state index in [4.69, 9.17) is 9.47 Å². The Hall–Kier alpha value is -0.940. The van der Waals surface area contributed by atoms with Gasteiger partial charge in [0.1, 0.15) is 0 Å². The molecule has 2 rings (SSSR count). The molecular formula is C20H35IN4O3. The van der Waals surface area contributed by atoms with E-state index in [-0.39, 0.29) is 24.0 Å². The summed E-state index contributed by atoms with van der Waals surface area (Å²) in [7, 11) is 1.70. The van der Waals surface area contributed by atoms with Gasteiger partial charge in [0, 0.05) is 39.8 Å². The second-order valence-electron chi connectivity index (χ2n) is 7.19. The van der Waals surface area contributed by atoms with Gasteiger partial charge in [-0.1, -0.05) is 24.3 Å². The van der Waals surface area contributed by atoms with E-state index in [1.807, 2.05) is 26.0 Å². The molecule has 28 heavy (non-hydrogen) atoms. The third-order valence-corrected chi connectivity index (χ3v) is 4.37. The maximum atomic E-state index is 10.7. The Morgan fingerprint density at radius 2 is 2.00 bits per heavy atom. The number of hydrogen-bond acceptors (Lipinski definition) is 5. The second kappa shape index (κ2) is 13.3. The molecule has 7 nitrogen and oxygen atoms in total. The summed E-state index contributed by atoms with van der Waals surface area (Å²) >= 11 is 0. The van der Waals surface area contributed by atoms with Gasteiger partial charge < -0.3 is 25.2 Å². The van der Waals surface area contributed by atoms with Crippen molar-refractivity contribution in [1.29, 1.82) is 0 Å². The first-order chi connectivity index (χ1) is 13.0. The summed E-state index contributed by atoms with van der Waals surface area (Å²) in [6.07, 6.45) is 0. The lowest BCUT2D eigenvalue weighted by Gasteiger charge is -2.34. The zero-order valence-electron chi connectivity index (χ0n) is 17.2. The van der Waals surface area contributed by atoms with Crippen molar-refractivity contribution < 1.29 is 14.6 Å². The summed E-state index contributed by atoms with van der Waals surface area (Å²) in [6, 6.07) is 8.22. The summed E-state index contributed by atoms with van der Waals surface area (Å²) in [5.74, 6) is 0.705. The van der Waals surface area contributed by atoms with Crippen molar-refractivity contribution in [2.45, 2.75) is 32.6 Å². The number of aliphatic hydroxyl groups is 1. The topological polar surface area (TPSA) is 78.4 Å². The first-order valence-corrected chi connectivity index (χ1v) is 9.64. The minimum absolute atomic E-state index is 0. The van der Waals surface area contributed by atoms with E-state index < -0.39 is 5.60 Å². The maximum absolute atomic E-state index is 10.7. The van der Waals surface area contributed by atoms with Gasteiger partial charge in [-0.2, -0.15) is 0 Å². The van der Waals surface area contributed by atoms with Crippen LogP contribution in [0.15, 0.2) is 29.3 Å². The van der Waals surface area contributed by atoms with E-state index in [2.05, 4.69) is 32.7 Å². The van der Waals surface area contributed by atoms with E-state index in [0.717, 1.165) is 44.0 Å². The van der Waals surface area contributed by atoms with Crippen molar-refractivity contribution in [3.63, 3.8) is 0 Å². The number of ether oxygens (including phenoxy) is 2. The Morgan fingerprint density at radius 3 is 2.68 bits per heavy atom. The highest BCUT2D eigenvalue weighted by Crippen LogP contribution is 2.09. The fourth-order valence-corrected chi connectivity index (χ4v) is 3.07. The van der Waals surface area contributed by atoms with Gasteiger partial charge >= 0.3 is 0 Å². The monoisotopic (exact) mass is 506 g/mol. The Bertz CT molecular complexity index is 593. The van der Waals surface area contributed by atoms with Crippen molar-refractivity contribution in [2.24, 2.45) is 4.99 Å². The summed E-state index contributed by atoms with van der Waals surface area (Å²) in [5.41, 5.74) is 1.42. The quantitative estimate of drug-likeness (QED) is 0.268. The van der Waals surface area contributed by atoms with Crippen molar-refractivity contribution in [1.82, 2.24) is 15.5 Å². The highest BCUT2D eigenvalue weighted by molar-refractivity contribution is 14.0. The number of nitrogens with one attached hydrogen (secondary N) is 2. The van der Waals surface area contributed by atoms with Gasteiger partial charge in [-0.25, -0.2) is 4.99 Å². The van der Waals surface area contributed by atoms with E-state index >= 15 is 0 Å². The van der Waals surface area contributed by atoms with Gasteiger partial charge in [0.15, 0.2) is 5.96 Å². The molecule has 0 saturated carbocycles. The Labute approximate surface area is 185 Å². The number of aliphatic imine (C=N–C) groups is 1. The van der Waals surface area contributed by atoms with Crippen LogP contribution in [0.2, 0.25) is 0 Å². The molecule has 1 aliphatic rings. The number of benzene rings is 1. The lowest BCUT2D eigenvalue weighted by atomic mass is 10.1. The van der Waals surface area contributed by atoms with Crippen LogP contribution in [0.25, 0.3) is 0 Å². The van der Waals surface area contributed by atoms with Crippen molar-refractivity contribution >= 4 is 29.9 Å². The normalized spacial score (nSPS) is 17.5. The molecule has 0 amide bonds. The molecule has 1 aliphatic heterocycles.